The first kappa shape index (κ1) is 36.0. The highest BCUT2D eigenvalue weighted by molar-refractivity contribution is 7.89. The van der Waals surface area contributed by atoms with Crippen molar-refractivity contribution in [2.75, 3.05) is 13.1 Å². The highest BCUT2D eigenvalue weighted by Gasteiger charge is 2.32. The third-order valence-corrected chi connectivity index (χ3v) is 11.4. The molecule has 0 aliphatic carbocycles. The predicted octanol–water partition coefficient (Wildman–Crippen LogP) is 4.88. The van der Waals surface area contributed by atoms with E-state index < -0.39 is 38.0 Å². The summed E-state index contributed by atoms with van der Waals surface area (Å²) in [7, 11) is -7.92. The summed E-state index contributed by atoms with van der Waals surface area (Å²) >= 11 is 0. The molecule has 0 saturated heterocycles. The Morgan fingerprint density at radius 2 is 1.49 bits per heavy atom. The number of unbranched alkanes of at least 4 members (excludes halogenated alkanes) is 1. The number of hydrogen-bond donors (Lipinski definition) is 3. The van der Waals surface area contributed by atoms with Crippen molar-refractivity contribution >= 4 is 43.1 Å². The van der Waals surface area contributed by atoms with Crippen molar-refractivity contribution in [3.8, 4) is 0 Å². The molecule has 3 aromatic carbocycles. The molecule has 0 spiro atoms. The Hall–Kier alpha value is -3.84. The van der Waals surface area contributed by atoms with Gasteiger partial charge in [0.05, 0.1) is 15.8 Å². The number of amides is 1. The van der Waals surface area contributed by atoms with Gasteiger partial charge in [0.1, 0.15) is 12.3 Å². The molecule has 252 valence electrons. The highest BCUT2D eigenvalue weighted by atomic mass is 32.2. The van der Waals surface area contributed by atoms with Crippen molar-refractivity contribution < 1.29 is 26.4 Å². The number of aromatic nitrogens is 1. The maximum Gasteiger partial charge on any atom is 0.243 e. The number of nitrogens with one attached hydrogen (secondary N) is 3. The maximum absolute atomic E-state index is 13.5. The zero-order valence-electron chi connectivity index (χ0n) is 27.3. The van der Waals surface area contributed by atoms with E-state index in [9.17, 15) is 26.4 Å². The number of benzene rings is 3. The van der Waals surface area contributed by atoms with E-state index in [0.29, 0.717) is 19.1 Å². The number of nitrogens with zero attached hydrogens (tertiary/aromatic N) is 1. The third kappa shape index (κ3) is 9.38. The Labute approximate surface area is 278 Å². The molecular formula is C35H44N4O6S2. The Balaban J connectivity index is 1.42. The SMILES string of the molecule is Cc1ccc(S(=O)(=O)N[C@@H](Cc2c[nH]c3ccccc23)C(=O)NCCCC[C@@H](C=O)N(CC(C)C)S(=O)(=O)c2ccc(C)cc2)cc1. The molecule has 0 unspecified atom stereocenters. The maximum atomic E-state index is 13.5. The van der Waals surface area contributed by atoms with Gasteiger partial charge in [0.25, 0.3) is 0 Å². The number of carbonyl (C=O) groups is 2. The van der Waals surface area contributed by atoms with Gasteiger partial charge in [-0.2, -0.15) is 9.03 Å². The Morgan fingerprint density at radius 1 is 0.872 bits per heavy atom. The average Bonchev–Trinajstić information content (AvgIpc) is 3.44. The molecular weight excluding hydrogens is 637 g/mol. The van der Waals surface area contributed by atoms with E-state index >= 15 is 0 Å². The van der Waals surface area contributed by atoms with Crippen LogP contribution in [0.5, 0.6) is 0 Å². The predicted molar refractivity (Wildman–Crippen MR) is 184 cm³/mol. The number of sulfonamides is 2. The minimum atomic E-state index is -4.01. The number of aldehydes is 1. The molecule has 10 nitrogen and oxygen atoms in total. The van der Waals surface area contributed by atoms with Crippen LogP contribution in [0.2, 0.25) is 0 Å². The standard InChI is InChI=1S/C35H44N4O6S2/c1-25(2)23-39(47(44,45)31-18-14-27(4)15-19-31)29(24-40)9-7-8-20-36-35(41)34(21-28-22-37-33-11-6-5-10-32(28)33)38-46(42,43)30-16-12-26(3)13-17-30/h5-6,10-19,22,24-25,29,34,37-38H,7-9,20-21,23H2,1-4H3,(H,36,41)/t29-,34-/m0/s1. The van der Waals surface area contributed by atoms with Gasteiger partial charge in [0.2, 0.25) is 26.0 Å². The summed E-state index contributed by atoms with van der Waals surface area (Å²) in [6.07, 6.45) is 3.76. The number of fused-ring (bicyclic) bond motifs is 1. The van der Waals surface area contributed by atoms with Gasteiger partial charge in [-0.25, -0.2) is 16.8 Å². The first-order valence-electron chi connectivity index (χ1n) is 15.8. The zero-order chi connectivity index (χ0) is 34.2. The molecule has 1 amide bonds. The number of para-hydroxylation sites is 1. The lowest BCUT2D eigenvalue weighted by Gasteiger charge is -2.29. The second kappa shape index (κ2) is 15.8. The molecule has 12 heteroatoms. The summed E-state index contributed by atoms with van der Waals surface area (Å²) in [5, 5.41) is 3.74. The number of rotatable bonds is 17. The molecule has 1 heterocycles. The molecule has 47 heavy (non-hydrogen) atoms. The van der Waals surface area contributed by atoms with Gasteiger partial charge in [0, 0.05) is 30.2 Å². The molecule has 0 bridgehead atoms. The molecule has 1 aromatic heterocycles. The van der Waals surface area contributed by atoms with Crippen LogP contribution in [0, 0.1) is 19.8 Å². The fraction of sp³-hybridized carbons (Fsp3) is 0.371. The van der Waals surface area contributed by atoms with Gasteiger partial charge < -0.3 is 15.1 Å². The second-order valence-electron chi connectivity index (χ2n) is 12.3. The molecule has 2 atom stereocenters. The minimum absolute atomic E-state index is 0.00488. The molecule has 0 aliphatic rings. The summed E-state index contributed by atoms with van der Waals surface area (Å²) < 4.78 is 57.5. The van der Waals surface area contributed by atoms with E-state index in [-0.39, 0.29) is 41.6 Å². The van der Waals surface area contributed by atoms with Crippen molar-refractivity contribution in [2.24, 2.45) is 5.92 Å². The van der Waals surface area contributed by atoms with E-state index in [1.165, 1.54) is 16.4 Å². The summed E-state index contributed by atoms with van der Waals surface area (Å²) in [5.74, 6) is -0.490. The number of aryl methyl sites for hydroxylation is 2. The number of H-pyrrole nitrogens is 1. The van der Waals surface area contributed by atoms with Crippen molar-refractivity contribution in [2.45, 2.75) is 75.3 Å². The Morgan fingerprint density at radius 3 is 2.11 bits per heavy atom. The molecule has 4 rings (SSSR count). The lowest BCUT2D eigenvalue weighted by Crippen LogP contribution is -2.48. The van der Waals surface area contributed by atoms with E-state index in [1.54, 1.807) is 42.6 Å². The normalized spacial score (nSPS) is 13.6. The number of hydrogen-bond acceptors (Lipinski definition) is 6. The minimum Gasteiger partial charge on any atom is -0.361 e. The van der Waals surface area contributed by atoms with Gasteiger partial charge in [-0.15, -0.1) is 0 Å². The van der Waals surface area contributed by atoms with Crippen LogP contribution in [0.4, 0.5) is 0 Å². The number of carbonyl (C=O) groups excluding carboxylic acids is 2. The Kier molecular flexibility index (Phi) is 12.1. The van der Waals surface area contributed by atoms with Gasteiger partial charge in [-0.3, -0.25) is 4.79 Å². The third-order valence-electron chi connectivity index (χ3n) is 7.97. The monoisotopic (exact) mass is 680 g/mol. The Bertz CT molecular complexity index is 1870. The average molecular weight is 681 g/mol. The fourth-order valence-corrected chi connectivity index (χ4v) is 8.34. The quantitative estimate of drug-likeness (QED) is 0.107. The lowest BCUT2D eigenvalue weighted by molar-refractivity contribution is -0.122. The van der Waals surface area contributed by atoms with Crippen LogP contribution in [0.15, 0.2) is 88.8 Å². The van der Waals surface area contributed by atoms with Crippen molar-refractivity contribution in [1.82, 2.24) is 19.3 Å². The smallest absolute Gasteiger partial charge is 0.243 e. The van der Waals surface area contributed by atoms with Crippen LogP contribution < -0.4 is 10.0 Å². The van der Waals surface area contributed by atoms with Crippen molar-refractivity contribution in [1.29, 1.82) is 0 Å². The molecule has 0 radical (unpaired) electrons. The van der Waals surface area contributed by atoms with Gasteiger partial charge in [-0.1, -0.05) is 67.4 Å². The summed E-state index contributed by atoms with van der Waals surface area (Å²) in [5.41, 5.74) is 3.51. The first-order valence-corrected chi connectivity index (χ1v) is 18.7. The fourth-order valence-electron chi connectivity index (χ4n) is 5.39. The first-order chi connectivity index (χ1) is 22.3. The van der Waals surface area contributed by atoms with Crippen LogP contribution in [0.25, 0.3) is 10.9 Å². The van der Waals surface area contributed by atoms with E-state index in [4.69, 9.17) is 0 Å². The van der Waals surface area contributed by atoms with Crippen LogP contribution in [0.1, 0.15) is 49.8 Å². The summed E-state index contributed by atoms with van der Waals surface area (Å²) in [6, 6.07) is 18.6. The zero-order valence-corrected chi connectivity index (χ0v) is 28.9. The van der Waals surface area contributed by atoms with Crippen molar-refractivity contribution in [3.63, 3.8) is 0 Å². The molecule has 4 aromatic rings. The van der Waals surface area contributed by atoms with E-state index in [2.05, 4.69) is 15.0 Å². The van der Waals surface area contributed by atoms with Crippen LogP contribution >= 0.6 is 0 Å². The molecule has 0 saturated carbocycles. The van der Waals surface area contributed by atoms with Crippen LogP contribution in [0.3, 0.4) is 0 Å². The second-order valence-corrected chi connectivity index (χ2v) is 15.9. The van der Waals surface area contributed by atoms with Gasteiger partial charge >= 0.3 is 0 Å². The topological polar surface area (TPSA) is 146 Å². The van der Waals surface area contributed by atoms with Gasteiger partial charge in [0.15, 0.2) is 0 Å². The largest absolute Gasteiger partial charge is 0.361 e. The molecule has 3 N–H and O–H groups in total. The lowest BCUT2D eigenvalue weighted by atomic mass is 10.0. The summed E-state index contributed by atoms with van der Waals surface area (Å²) in [4.78, 5) is 29.0. The number of aromatic amines is 1. The highest BCUT2D eigenvalue weighted by Crippen LogP contribution is 2.23. The van der Waals surface area contributed by atoms with Crippen LogP contribution in [-0.4, -0.2) is 63.5 Å². The van der Waals surface area contributed by atoms with Crippen LogP contribution in [-0.2, 0) is 36.1 Å². The van der Waals surface area contributed by atoms with E-state index in [0.717, 1.165) is 27.6 Å². The van der Waals surface area contributed by atoms with E-state index in [1.807, 2.05) is 52.0 Å². The van der Waals surface area contributed by atoms with Crippen molar-refractivity contribution in [3.05, 3.63) is 95.7 Å². The molecule has 0 fully saturated rings. The summed E-state index contributed by atoms with van der Waals surface area (Å²) in [6.45, 7) is 7.94. The molecule has 0 aliphatic heterocycles. The van der Waals surface area contributed by atoms with Gasteiger partial charge in [-0.05, 0) is 81.3 Å².